The van der Waals surface area contributed by atoms with Gasteiger partial charge in [0.15, 0.2) is 5.13 Å². The van der Waals surface area contributed by atoms with E-state index in [9.17, 15) is 0 Å². The number of nitrogens with one attached hydrogen (secondary N) is 1. The molecule has 2 aromatic rings. The standard InChI is InChI=1S/C17H23BN2O2S/c1-6-13-11-23-15(19-13)20-14-9-7-12(8-10-14)18-21-16(2,3)17(4,5)22-18/h7-11H,6H2,1-5H3,(H,19,20). The molecule has 122 valence electrons. The van der Waals surface area contributed by atoms with E-state index in [1.165, 1.54) is 0 Å². The van der Waals surface area contributed by atoms with Gasteiger partial charge in [0.1, 0.15) is 0 Å². The molecule has 1 aliphatic rings. The maximum atomic E-state index is 6.07. The Balaban J connectivity index is 1.70. The van der Waals surface area contributed by atoms with E-state index < -0.39 is 0 Å². The van der Waals surface area contributed by atoms with Crippen molar-refractivity contribution in [1.29, 1.82) is 0 Å². The number of rotatable bonds is 4. The van der Waals surface area contributed by atoms with E-state index in [4.69, 9.17) is 9.31 Å². The number of anilines is 2. The first-order chi connectivity index (χ1) is 10.8. The number of hydrogen-bond acceptors (Lipinski definition) is 5. The van der Waals surface area contributed by atoms with Gasteiger partial charge in [-0.05, 0) is 51.7 Å². The van der Waals surface area contributed by atoms with E-state index in [1.807, 2.05) is 24.3 Å². The topological polar surface area (TPSA) is 43.4 Å². The second-order valence-electron chi connectivity index (χ2n) is 6.83. The Labute approximate surface area is 142 Å². The van der Waals surface area contributed by atoms with Crippen LogP contribution in [-0.2, 0) is 15.7 Å². The van der Waals surface area contributed by atoms with Gasteiger partial charge >= 0.3 is 7.12 Å². The monoisotopic (exact) mass is 330 g/mol. The number of thiazole rings is 1. The van der Waals surface area contributed by atoms with Crippen LogP contribution in [0.5, 0.6) is 0 Å². The van der Waals surface area contributed by atoms with Gasteiger partial charge in [-0.1, -0.05) is 19.1 Å². The van der Waals surface area contributed by atoms with Crippen molar-refractivity contribution in [3.8, 4) is 0 Å². The van der Waals surface area contributed by atoms with E-state index in [-0.39, 0.29) is 18.3 Å². The van der Waals surface area contributed by atoms with Gasteiger partial charge in [0.25, 0.3) is 0 Å². The van der Waals surface area contributed by atoms with Crippen LogP contribution in [0.1, 0.15) is 40.3 Å². The van der Waals surface area contributed by atoms with Gasteiger partial charge in [-0.25, -0.2) is 4.98 Å². The SMILES string of the molecule is CCc1csc(Nc2ccc(B3OC(C)(C)C(C)(C)O3)cc2)n1. The molecule has 6 heteroatoms. The fourth-order valence-corrected chi connectivity index (χ4v) is 3.17. The Kier molecular flexibility index (Phi) is 4.25. The van der Waals surface area contributed by atoms with Gasteiger partial charge in [-0.15, -0.1) is 11.3 Å². The molecule has 23 heavy (non-hydrogen) atoms. The molecule has 1 fully saturated rings. The highest BCUT2D eigenvalue weighted by atomic mass is 32.1. The second kappa shape index (κ2) is 5.93. The third-order valence-electron chi connectivity index (χ3n) is 4.60. The van der Waals surface area contributed by atoms with Crippen LogP contribution in [0.3, 0.4) is 0 Å². The number of nitrogens with zero attached hydrogens (tertiary/aromatic N) is 1. The lowest BCUT2D eigenvalue weighted by Gasteiger charge is -2.32. The largest absolute Gasteiger partial charge is 0.494 e. The molecule has 1 aromatic carbocycles. The fourth-order valence-electron chi connectivity index (χ4n) is 2.35. The Bertz CT molecular complexity index is 666. The number of aromatic nitrogens is 1. The van der Waals surface area contributed by atoms with Crippen LogP contribution in [0, 0.1) is 0 Å². The molecular weight excluding hydrogens is 307 g/mol. The van der Waals surface area contributed by atoms with Gasteiger partial charge in [0.05, 0.1) is 16.9 Å². The first-order valence-electron chi connectivity index (χ1n) is 7.98. The Morgan fingerprint density at radius 1 is 1.09 bits per heavy atom. The normalized spacial score (nSPS) is 19.1. The molecule has 2 heterocycles. The first-order valence-corrected chi connectivity index (χ1v) is 8.86. The van der Waals surface area contributed by atoms with Crippen molar-refractivity contribution >= 4 is 34.7 Å². The van der Waals surface area contributed by atoms with Crippen molar-refractivity contribution in [3.63, 3.8) is 0 Å². The summed E-state index contributed by atoms with van der Waals surface area (Å²) in [4.78, 5) is 4.52. The van der Waals surface area contributed by atoms with Crippen LogP contribution in [0.25, 0.3) is 0 Å². The Hall–Kier alpha value is -1.37. The van der Waals surface area contributed by atoms with Crippen LogP contribution in [0.4, 0.5) is 10.8 Å². The summed E-state index contributed by atoms with van der Waals surface area (Å²) >= 11 is 1.63. The average molecular weight is 330 g/mol. The minimum absolute atomic E-state index is 0.313. The molecular formula is C17H23BN2O2S. The Morgan fingerprint density at radius 2 is 1.70 bits per heavy atom. The highest BCUT2D eigenvalue weighted by molar-refractivity contribution is 7.13. The first kappa shape index (κ1) is 16.5. The molecule has 0 amide bonds. The molecule has 1 N–H and O–H groups in total. The molecule has 1 aliphatic heterocycles. The lowest BCUT2D eigenvalue weighted by atomic mass is 9.79. The van der Waals surface area contributed by atoms with Crippen molar-refractivity contribution in [2.75, 3.05) is 5.32 Å². The average Bonchev–Trinajstić information content (AvgIpc) is 3.02. The maximum absolute atomic E-state index is 6.07. The van der Waals surface area contributed by atoms with Gasteiger partial charge < -0.3 is 14.6 Å². The predicted octanol–water partition coefficient (Wildman–Crippen LogP) is 3.75. The molecule has 0 atom stereocenters. The smallest absolute Gasteiger partial charge is 0.399 e. The van der Waals surface area contributed by atoms with Crippen LogP contribution in [0.2, 0.25) is 0 Å². The van der Waals surface area contributed by atoms with E-state index in [0.29, 0.717) is 0 Å². The van der Waals surface area contributed by atoms with Crippen molar-refractivity contribution in [1.82, 2.24) is 4.98 Å². The summed E-state index contributed by atoms with van der Waals surface area (Å²) in [6.45, 7) is 10.4. The third kappa shape index (κ3) is 3.29. The van der Waals surface area contributed by atoms with E-state index in [1.54, 1.807) is 11.3 Å². The van der Waals surface area contributed by atoms with Crippen molar-refractivity contribution < 1.29 is 9.31 Å². The molecule has 0 bridgehead atoms. The molecule has 1 saturated heterocycles. The maximum Gasteiger partial charge on any atom is 0.494 e. The molecule has 4 nitrogen and oxygen atoms in total. The van der Waals surface area contributed by atoms with Crippen molar-refractivity contribution in [3.05, 3.63) is 35.3 Å². The fraction of sp³-hybridized carbons (Fsp3) is 0.471. The van der Waals surface area contributed by atoms with E-state index in [2.05, 4.69) is 50.3 Å². The summed E-state index contributed by atoms with van der Waals surface area (Å²) in [5.74, 6) is 0. The Morgan fingerprint density at radius 3 is 2.22 bits per heavy atom. The van der Waals surface area contributed by atoms with Crippen molar-refractivity contribution in [2.24, 2.45) is 0 Å². The predicted molar refractivity (Wildman–Crippen MR) is 96.9 cm³/mol. The lowest BCUT2D eigenvalue weighted by molar-refractivity contribution is 0.00578. The summed E-state index contributed by atoms with van der Waals surface area (Å²) in [7, 11) is -0.319. The third-order valence-corrected chi connectivity index (χ3v) is 5.41. The molecule has 0 aliphatic carbocycles. The molecule has 0 spiro atoms. The molecule has 0 unspecified atom stereocenters. The lowest BCUT2D eigenvalue weighted by Crippen LogP contribution is -2.41. The summed E-state index contributed by atoms with van der Waals surface area (Å²) in [5.41, 5.74) is 2.54. The highest BCUT2D eigenvalue weighted by Crippen LogP contribution is 2.36. The number of hydrogen-bond donors (Lipinski definition) is 1. The van der Waals surface area contributed by atoms with Gasteiger partial charge in [-0.3, -0.25) is 0 Å². The summed E-state index contributed by atoms with van der Waals surface area (Å²) < 4.78 is 12.1. The number of aryl methyl sites for hydroxylation is 1. The summed E-state index contributed by atoms with van der Waals surface area (Å²) in [5, 5.41) is 6.34. The van der Waals surface area contributed by atoms with Crippen LogP contribution in [0.15, 0.2) is 29.6 Å². The zero-order valence-electron chi connectivity index (χ0n) is 14.3. The van der Waals surface area contributed by atoms with E-state index in [0.717, 1.165) is 28.4 Å². The van der Waals surface area contributed by atoms with Crippen LogP contribution in [-0.4, -0.2) is 23.3 Å². The molecule has 0 radical (unpaired) electrons. The van der Waals surface area contributed by atoms with E-state index >= 15 is 0 Å². The van der Waals surface area contributed by atoms with Crippen molar-refractivity contribution in [2.45, 2.75) is 52.2 Å². The van der Waals surface area contributed by atoms with Gasteiger partial charge in [0, 0.05) is 11.1 Å². The molecule has 3 rings (SSSR count). The second-order valence-corrected chi connectivity index (χ2v) is 7.69. The molecule has 0 saturated carbocycles. The zero-order valence-corrected chi connectivity index (χ0v) is 15.2. The summed E-state index contributed by atoms with van der Waals surface area (Å²) in [6, 6.07) is 8.15. The molecule has 1 aromatic heterocycles. The highest BCUT2D eigenvalue weighted by Gasteiger charge is 2.51. The van der Waals surface area contributed by atoms with Gasteiger partial charge in [0.2, 0.25) is 0 Å². The van der Waals surface area contributed by atoms with Crippen LogP contribution >= 0.6 is 11.3 Å². The number of benzene rings is 1. The minimum Gasteiger partial charge on any atom is -0.399 e. The zero-order chi connectivity index (χ0) is 16.7. The van der Waals surface area contributed by atoms with Gasteiger partial charge in [-0.2, -0.15) is 0 Å². The minimum atomic E-state index is -0.319. The van der Waals surface area contributed by atoms with Crippen LogP contribution < -0.4 is 10.8 Å². The quantitative estimate of drug-likeness (QED) is 0.867. The summed E-state index contributed by atoms with van der Waals surface area (Å²) in [6.07, 6.45) is 0.957.